The van der Waals surface area contributed by atoms with E-state index in [4.69, 9.17) is 0 Å². The lowest BCUT2D eigenvalue weighted by atomic mass is 9.97. The molecule has 2 heterocycles. The zero-order valence-electron chi connectivity index (χ0n) is 9.74. The number of imide groups is 1. The molecule has 0 saturated carbocycles. The number of carbonyl (C=O) groups is 2. The van der Waals surface area contributed by atoms with Gasteiger partial charge < -0.3 is 4.98 Å². The van der Waals surface area contributed by atoms with Crippen molar-refractivity contribution in [3.8, 4) is 0 Å². The lowest BCUT2D eigenvalue weighted by Crippen LogP contribution is -2.25. The SMILES string of the molecule is CN1C(=O)C[C@@H](c2c[nH]c3ccc(Br)cc23)C1=O. The van der Waals surface area contributed by atoms with E-state index in [1.807, 2.05) is 24.4 Å². The number of rotatable bonds is 1. The molecule has 2 amide bonds. The fourth-order valence-electron chi connectivity index (χ4n) is 2.40. The van der Waals surface area contributed by atoms with E-state index in [2.05, 4.69) is 20.9 Å². The summed E-state index contributed by atoms with van der Waals surface area (Å²) in [7, 11) is 1.54. The van der Waals surface area contributed by atoms with Crippen LogP contribution in [0.3, 0.4) is 0 Å². The van der Waals surface area contributed by atoms with E-state index in [-0.39, 0.29) is 24.2 Å². The Morgan fingerprint density at radius 3 is 2.83 bits per heavy atom. The van der Waals surface area contributed by atoms with Crippen LogP contribution >= 0.6 is 15.9 Å². The monoisotopic (exact) mass is 306 g/mol. The number of fused-ring (bicyclic) bond motifs is 1. The van der Waals surface area contributed by atoms with Gasteiger partial charge in [0.05, 0.1) is 5.92 Å². The number of likely N-dealkylation sites (tertiary alicyclic amines) is 1. The highest BCUT2D eigenvalue weighted by Crippen LogP contribution is 2.34. The van der Waals surface area contributed by atoms with E-state index in [0.717, 1.165) is 20.9 Å². The van der Waals surface area contributed by atoms with Gasteiger partial charge in [-0.3, -0.25) is 14.5 Å². The van der Waals surface area contributed by atoms with Crippen LogP contribution in [0.2, 0.25) is 0 Å². The lowest BCUT2D eigenvalue weighted by Gasteiger charge is -2.07. The van der Waals surface area contributed by atoms with Gasteiger partial charge in [-0.25, -0.2) is 0 Å². The number of nitrogens with one attached hydrogen (secondary N) is 1. The minimum atomic E-state index is -0.356. The summed E-state index contributed by atoms with van der Waals surface area (Å²) in [5.41, 5.74) is 1.87. The number of hydrogen-bond donors (Lipinski definition) is 1. The van der Waals surface area contributed by atoms with Crippen molar-refractivity contribution in [3.05, 3.63) is 34.4 Å². The first-order valence-electron chi connectivity index (χ1n) is 5.65. The number of benzene rings is 1. The Bertz CT molecular complexity index is 662. The highest BCUT2D eigenvalue weighted by Gasteiger charge is 2.38. The summed E-state index contributed by atoms with van der Waals surface area (Å²) in [4.78, 5) is 28.0. The molecule has 1 N–H and O–H groups in total. The number of amides is 2. The van der Waals surface area contributed by atoms with Crippen molar-refractivity contribution in [1.29, 1.82) is 0 Å². The molecule has 0 radical (unpaired) electrons. The smallest absolute Gasteiger partial charge is 0.237 e. The first kappa shape index (κ1) is 11.5. The predicted octanol–water partition coefficient (Wildman–Crippen LogP) is 2.40. The molecule has 1 fully saturated rings. The Morgan fingerprint density at radius 2 is 2.17 bits per heavy atom. The molecule has 92 valence electrons. The number of carbonyl (C=O) groups excluding carboxylic acids is 2. The van der Waals surface area contributed by atoms with Gasteiger partial charge in [0.2, 0.25) is 11.8 Å². The second-order valence-electron chi connectivity index (χ2n) is 4.48. The molecular formula is C13H11BrN2O2. The van der Waals surface area contributed by atoms with Crippen molar-refractivity contribution < 1.29 is 9.59 Å². The van der Waals surface area contributed by atoms with Crippen molar-refractivity contribution in [3.63, 3.8) is 0 Å². The molecule has 2 aromatic rings. The van der Waals surface area contributed by atoms with Crippen LogP contribution < -0.4 is 0 Å². The summed E-state index contributed by atoms with van der Waals surface area (Å²) in [6, 6.07) is 5.86. The largest absolute Gasteiger partial charge is 0.361 e. The number of likely N-dealkylation sites (N-methyl/N-ethyl adjacent to an activating group) is 1. The fourth-order valence-corrected chi connectivity index (χ4v) is 2.76. The van der Waals surface area contributed by atoms with Gasteiger partial charge in [0.1, 0.15) is 0 Å². The Morgan fingerprint density at radius 1 is 1.39 bits per heavy atom. The highest BCUT2D eigenvalue weighted by atomic mass is 79.9. The maximum absolute atomic E-state index is 12.0. The van der Waals surface area contributed by atoms with Gasteiger partial charge in [0.15, 0.2) is 0 Å². The molecule has 1 atom stereocenters. The standard InChI is InChI=1S/C13H11BrN2O2/c1-16-12(17)5-9(13(16)18)10-6-15-11-3-2-7(14)4-8(10)11/h2-4,6,9,15H,5H2,1H3/t9-/m0/s1. The molecule has 1 aliphatic rings. The molecule has 1 aliphatic heterocycles. The van der Waals surface area contributed by atoms with Crippen LogP contribution in [0.4, 0.5) is 0 Å². The Labute approximate surface area is 112 Å². The number of hydrogen-bond acceptors (Lipinski definition) is 2. The summed E-state index contributed by atoms with van der Waals surface area (Å²) < 4.78 is 0.959. The molecule has 1 saturated heterocycles. The van der Waals surface area contributed by atoms with Crippen LogP contribution in [0.15, 0.2) is 28.9 Å². The van der Waals surface area contributed by atoms with Crippen LogP contribution in [0.5, 0.6) is 0 Å². The van der Waals surface area contributed by atoms with Crippen molar-refractivity contribution in [2.75, 3.05) is 7.05 Å². The predicted molar refractivity (Wildman–Crippen MR) is 71.1 cm³/mol. The second kappa shape index (κ2) is 3.95. The van der Waals surface area contributed by atoms with Gasteiger partial charge >= 0.3 is 0 Å². The average Bonchev–Trinajstić information content (AvgIpc) is 2.86. The van der Waals surface area contributed by atoms with Crippen molar-refractivity contribution in [2.24, 2.45) is 0 Å². The van der Waals surface area contributed by atoms with E-state index in [0.29, 0.717) is 0 Å². The van der Waals surface area contributed by atoms with Gasteiger partial charge in [-0.1, -0.05) is 15.9 Å². The molecule has 0 unspecified atom stereocenters. The minimum absolute atomic E-state index is 0.116. The minimum Gasteiger partial charge on any atom is -0.361 e. The van der Waals surface area contributed by atoms with Crippen LogP contribution in [-0.2, 0) is 9.59 Å². The van der Waals surface area contributed by atoms with E-state index in [1.54, 1.807) is 0 Å². The third-order valence-electron chi connectivity index (χ3n) is 3.43. The number of nitrogens with zero attached hydrogens (tertiary/aromatic N) is 1. The van der Waals surface area contributed by atoms with E-state index in [9.17, 15) is 9.59 Å². The molecular weight excluding hydrogens is 296 g/mol. The number of aromatic amines is 1. The van der Waals surface area contributed by atoms with Crippen LogP contribution in [-0.4, -0.2) is 28.7 Å². The molecule has 0 bridgehead atoms. The molecule has 3 rings (SSSR count). The van der Waals surface area contributed by atoms with Gasteiger partial charge in [0, 0.05) is 35.0 Å². The van der Waals surface area contributed by atoms with Crippen molar-refractivity contribution in [2.45, 2.75) is 12.3 Å². The quantitative estimate of drug-likeness (QED) is 0.823. The van der Waals surface area contributed by atoms with Gasteiger partial charge in [-0.2, -0.15) is 0 Å². The lowest BCUT2D eigenvalue weighted by molar-refractivity contribution is -0.137. The van der Waals surface area contributed by atoms with Crippen LogP contribution in [0, 0.1) is 0 Å². The Kier molecular flexibility index (Phi) is 2.52. The van der Waals surface area contributed by atoms with Gasteiger partial charge in [0.25, 0.3) is 0 Å². The van der Waals surface area contributed by atoms with Crippen LogP contribution in [0.1, 0.15) is 17.9 Å². The van der Waals surface area contributed by atoms with Gasteiger partial charge in [-0.05, 0) is 23.8 Å². The average molecular weight is 307 g/mol. The molecule has 1 aromatic heterocycles. The zero-order chi connectivity index (χ0) is 12.9. The van der Waals surface area contributed by atoms with E-state index < -0.39 is 0 Å². The summed E-state index contributed by atoms with van der Waals surface area (Å²) in [5, 5.41) is 0.992. The molecule has 0 aliphatic carbocycles. The van der Waals surface area contributed by atoms with Crippen molar-refractivity contribution >= 4 is 38.6 Å². The number of halogens is 1. The van der Waals surface area contributed by atoms with Gasteiger partial charge in [-0.15, -0.1) is 0 Å². The third-order valence-corrected chi connectivity index (χ3v) is 3.93. The number of aromatic nitrogens is 1. The Balaban J connectivity index is 2.13. The molecule has 18 heavy (non-hydrogen) atoms. The van der Waals surface area contributed by atoms with Crippen molar-refractivity contribution in [1.82, 2.24) is 9.88 Å². The molecule has 5 heteroatoms. The van der Waals surface area contributed by atoms with Crippen LogP contribution in [0.25, 0.3) is 10.9 Å². The summed E-state index contributed by atoms with van der Waals surface area (Å²) >= 11 is 3.42. The maximum Gasteiger partial charge on any atom is 0.237 e. The zero-order valence-corrected chi connectivity index (χ0v) is 11.3. The first-order chi connectivity index (χ1) is 8.58. The van der Waals surface area contributed by atoms with E-state index in [1.165, 1.54) is 11.9 Å². The summed E-state index contributed by atoms with van der Waals surface area (Å²) in [6.45, 7) is 0. The topological polar surface area (TPSA) is 53.2 Å². The summed E-state index contributed by atoms with van der Waals surface area (Å²) in [6.07, 6.45) is 2.08. The number of H-pyrrole nitrogens is 1. The normalized spacial score (nSPS) is 20.1. The molecule has 4 nitrogen and oxygen atoms in total. The maximum atomic E-state index is 12.0. The second-order valence-corrected chi connectivity index (χ2v) is 5.40. The molecule has 0 spiro atoms. The first-order valence-corrected chi connectivity index (χ1v) is 6.44. The fraction of sp³-hybridized carbons (Fsp3) is 0.231. The highest BCUT2D eigenvalue weighted by molar-refractivity contribution is 9.10. The summed E-state index contributed by atoms with van der Waals surface area (Å²) in [5.74, 6) is -0.597. The molecule has 1 aromatic carbocycles. The van der Waals surface area contributed by atoms with E-state index >= 15 is 0 Å². The third kappa shape index (κ3) is 1.58. The Hall–Kier alpha value is -1.62.